The quantitative estimate of drug-likeness (QED) is 0.710. The van der Waals surface area contributed by atoms with Gasteiger partial charge in [0.1, 0.15) is 11.3 Å². The van der Waals surface area contributed by atoms with Crippen LogP contribution in [0.2, 0.25) is 10.3 Å². The number of aromatic amines is 1. The molecule has 0 aliphatic carbocycles. The van der Waals surface area contributed by atoms with E-state index in [1.807, 2.05) is 0 Å². The molecule has 2 N–H and O–H groups in total. The summed E-state index contributed by atoms with van der Waals surface area (Å²) >= 11 is 11.7. The molecule has 3 aromatic rings. The minimum atomic E-state index is -0.414. The summed E-state index contributed by atoms with van der Waals surface area (Å²) in [7, 11) is 0. The molecule has 8 heteroatoms. The van der Waals surface area contributed by atoms with E-state index in [-0.39, 0.29) is 10.3 Å². The normalized spacial score (nSPS) is 10.9. The number of benzene rings is 1. The van der Waals surface area contributed by atoms with Crippen LogP contribution < -0.4 is 5.32 Å². The fraction of sp³-hybridized carbons (Fsp3) is 0. The first-order chi connectivity index (χ1) is 9.13. The van der Waals surface area contributed by atoms with E-state index in [0.29, 0.717) is 22.7 Å². The summed E-state index contributed by atoms with van der Waals surface area (Å²) in [5, 5.41) is 3.26. The van der Waals surface area contributed by atoms with Crippen molar-refractivity contribution in [2.24, 2.45) is 0 Å². The molecule has 0 aliphatic rings. The van der Waals surface area contributed by atoms with Crippen molar-refractivity contribution in [2.45, 2.75) is 0 Å². The summed E-state index contributed by atoms with van der Waals surface area (Å²) < 4.78 is 13.0. The molecule has 0 fully saturated rings. The van der Waals surface area contributed by atoms with Gasteiger partial charge in [-0.25, -0.2) is 9.37 Å². The van der Waals surface area contributed by atoms with Crippen molar-refractivity contribution < 1.29 is 4.39 Å². The van der Waals surface area contributed by atoms with Gasteiger partial charge in [0.2, 0.25) is 5.28 Å². The second-order valence-electron chi connectivity index (χ2n) is 3.69. The zero-order valence-electron chi connectivity index (χ0n) is 9.28. The number of H-pyrrole nitrogens is 1. The highest BCUT2D eigenvalue weighted by molar-refractivity contribution is 6.33. The number of halogens is 3. The van der Waals surface area contributed by atoms with Crippen molar-refractivity contribution in [2.75, 3.05) is 5.32 Å². The van der Waals surface area contributed by atoms with Crippen LogP contribution >= 0.6 is 23.2 Å². The third-order valence-corrected chi connectivity index (χ3v) is 2.92. The van der Waals surface area contributed by atoms with Crippen LogP contribution in [0.5, 0.6) is 0 Å². The molecule has 0 saturated heterocycles. The molecule has 0 saturated carbocycles. The predicted octanol–water partition coefficient (Wildman–Crippen LogP) is 3.54. The first kappa shape index (κ1) is 12.1. The van der Waals surface area contributed by atoms with Crippen LogP contribution in [0.4, 0.5) is 15.9 Å². The van der Waals surface area contributed by atoms with Gasteiger partial charge in [0.05, 0.1) is 17.0 Å². The Morgan fingerprint density at radius 2 is 2.05 bits per heavy atom. The fourth-order valence-corrected chi connectivity index (χ4v) is 1.99. The number of nitrogens with one attached hydrogen (secondary N) is 2. The topological polar surface area (TPSA) is 66.5 Å². The molecule has 2 aromatic heterocycles. The van der Waals surface area contributed by atoms with Gasteiger partial charge >= 0.3 is 0 Å². The summed E-state index contributed by atoms with van der Waals surface area (Å²) in [6.45, 7) is 0. The lowest BCUT2D eigenvalue weighted by atomic mass is 10.3. The summed E-state index contributed by atoms with van der Waals surface area (Å²) in [6.07, 6.45) is 1.48. The molecule has 19 heavy (non-hydrogen) atoms. The summed E-state index contributed by atoms with van der Waals surface area (Å²) in [5.41, 5.74) is 1.53. The van der Waals surface area contributed by atoms with E-state index in [4.69, 9.17) is 23.2 Å². The molecule has 0 atom stereocenters. The Hall–Kier alpha value is -1.92. The Morgan fingerprint density at radius 1 is 1.21 bits per heavy atom. The average Bonchev–Trinajstić information content (AvgIpc) is 2.80. The van der Waals surface area contributed by atoms with Crippen molar-refractivity contribution in [1.82, 2.24) is 19.9 Å². The number of aromatic nitrogens is 4. The SMILES string of the molecule is Fc1ccc(Nc2nc(Cl)nc3nc[nH]c23)c(Cl)c1. The van der Waals surface area contributed by atoms with E-state index >= 15 is 0 Å². The zero-order valence-corrected chi connectivity index (χ0v) is 10.8. The molecule has 0 spiro atoms. The van der Waals surface area contributed by atoms with Crippen LogP contribution in [0.25, 0.3) is 11.2 Å². The van der Waals surface area contributed by atoms with Crippen molar-refractivity contribution in [3.8, 4) is 0 Å². The summed E-state index contributed by atoms with van der Waals surface area (Å²) in [4.78, 5) is 14.9. The fourth-order valence-electron chi connectivity index (χ4n) is 1.62. The standard InChI is InChI=1S/C11H6Cl2FN5/c12-6-3-5(14)1-2-7(6)17-10-8-9(16-4-15-8)18-11(13)19-10/h1-4H,(H2,15,16,17,18,19). The van der Waals surface area contributed by atoms with Crippen LogP contribution in [0, 0.1) is 5.82 Å². The Balaban J connectivity index is 2.07. The van der Waals surface area contributed by atoms with Gasteiger partial charge in [-0.15, -0.1) is 0 Å². The molecule has 5 nitrogen and oxygen atoms in total. The maximum absolute atomic E-state index is 13.0. The Morgan fingerprint density at radius 3 is 2.84 bits per heavy atom. The van der Waals surface area contributed by atoms with E-state index in [1.54, 1.807) is 0 Å². The Kier molecular flexibility index (Phi) is 2.96. The molecule has 0 aliphatic heterocycles. The van der Waals surface area contributed by atoms with Crippen molar-refractivity contribution in [3.05, 3.63) is 40.6 Å². The van der Waals surface area contributed by atoms with Crippen LogP contribution in [0.15, 0.2) is 24.5 Å². The lowest BCUT2D eigenvalue weighted by molar-refractivity contribution is 0.628. The third-order valence-electron chi connectivity index (χ3n) is 2.44. The molecular formula is C11H6Cl2FN5. The maximum atomic E-state index is 13.0. The Bertz CT molecular complexity index is 758. The molecule has 0 bridgehead atoms. The zero-order chi connectivity index (χ0) is 13.4. The highest BCUT2D eigenvalue weighted by atomic mass is 35.5. The number of nitrogens with zero attached hydrogens (tertiary/aromatic N) is 3. The molecular weight excluding hydrogens is 292 g/mol. The van der Waals surface area contributed by atoms with Gasteiger partial charge in [0.25, 0.3) is 0 Å². The molecule has 1 aromatic carbocycles. The highest BCUT2D eigenvalue weighted by Crippen LogP contribution is 2.28. The van der Waals surface area contributed by atoms with Crippen LogP contribution in [-0.2, 0) is 0 Å². The maximum Gasteiger partial charge on any atom is 0.226 e. The third kappa shape index (κ3) is 2.32. The molecule has 2 heterocycles. The molecule has 0 radical (unpaired) electrons. The van der Waals surface area contributed by atoms with Crippen molar-refractivity contribution in [3.63, 3.8) is 0 Å². The van der Waals surface area contributed by atoms with Crippen LogP contribution in [-0.4, -0.2) is 19.9 Å². The second-order valence-corrected chi connectivity index (χ2v) is 4.44. The van der Waals surface area contributed by atoms with E-state index in [1.165, 1.54) is 24.5 Å². The van der Waals surface area contributed by atoms with Crippen LogP contribution in [0.3, 0.4) is 0 Å². The first-order valence-electron chi connectivity index (χ1n) is 5.22. The lowest BCUT2D eigenvalue weighted by Crippen LogP contribution is -1.98. The second kappa shape index (κ2) is 4.64. The van der Waals surface area contributed by atoms with E-state index in [9.17, 15) is 4.39 Å². The van der Waals surface area contributed by atoms with Gasteiger partial charge in [-0.05, 0) is 29.8 Å². The van der Waals surface area contributed by atoms with Gasteiger partial charge in [0, 0.05) is 0 Å². The lowest BCUT2D eigenvalue weighted by Gasteiger charge is -2.08. The van der Waals surface area contributed by atoms with Crippen molar-refractivity contribution >= 4 is 45.9 Å². The minimum absolute atomic E-state index is 0.0559. The van der Waals surface area contributed by atoms with Gasteiger partial charge < -0.3 is 10.3 Å². The van der Waals surface area contributed by atoms with E-state index < -0.39 is 5.82 Å². The monoisotopic (exact) mass is 297 g/mol. The summed E-state index contributed by atoms with van der Waals surface area (Å²) in [6, 6.07) is 4.01. The van der Waals surface area contributed by atoms with Crippen LogP contribution in [0.1, 0.15) is 0 Å². The number of anilines is 2. The first-order valence-corrected chi connectivity index (χ1v) is 5.98. The van der Waals surface area contributed by atoms with Gasteiger partial charge in [-0.2, -0.15) is 9.97 Å². The minimum Gasteiger partial charge on any atom is -0.340 e. The molecule has 3 rings (SSSR count). The average molecular weight is 298 g/mol. The van der Waals surface area contributed by atoms with E-state index in [0.717, 1.165) is 0 Å². The smallest absolute Gasteiger partial charge is 0.226 e. The van der Waals surface area contributed by atoms with Gasteiger partial charge in [-0.3, -0.25) is 0 Å². The number of hydrogen-bond donors (Lipinski definition) is 2. The number of imidazole rings is 1. The molecule has 0 amide bonds. The van der Waals surface area contributed by atoms with Gasteiger partial charge in [0.15, 0.2) is 11.5 Å². The highest BCUT2D eigenvalue weighted by Gasteiger charge is 2.10. The number of rotatable bonds is 2. The number of hydrogen-bond acceptors (Lipinski definition) is 4. The Labute approximate surface area is 116 Å². The molecule has 0 unspecified atom stereocenters. The van der Waals surface area contributed by atoms with E-state index in [2.05, 4.69) is 25.3 Å². The van der Waals surface area contributed by atoms with Gasteiger partial charge in [-0.1, -0.05) is 11.6 Å². The largest absolute Gasteiger partial charge is 0.340 e. The predicted molar refractivity (Wildman–Crippen MR) is 71.4 cm³/mol. The molecule has 96 valence electrons. The number of fused-ring (bicyclic) bond motifs is 1. The van der Waals surface area contributed by atoms with Crippen molar-refractivity contribution in [1.29, 1.82) is 0 Å². The summed E-state index contributed by atoms with van der Waals surface area (Å²) in [5.74, 6) is 0.00367.